The standard InChI is InChI=1S/C20H18N2O3/c23-13-12-14-6-8-16(9-7-14)21-19(24)17-10-11-18(22-20(17)25)15-4-2-1-3-5-15/h1-11,23H,12-13H2,(H,21,24)(H,22,25). The molecule has 0 radical (unpaired) electrons. The number of aliphatic hydroxyl groups is 1. The minimum absolute atomic E-state index is 0.0547. The molecule has 0 spiro atoms. The molecule has 3 aromatic rings. The Kier molecular flexibility index (Phi) is 5.06. The van der Waals surface area contributed by atoms with E-state index in [9.17, 15) is 9.59 Å². The van der Waals surface area contributed by atoms with Crippen LogP contribution in [0.15, 0.2) is 71.5 Å². The van der Waals surface area contributed by atoms with Gasteiger partial charge in [0.05, 0.1) is 0 Å². The van der Waals surface area contributed by atoms with Crippen LogP contribution in [0.2, 0.25) is 0 Å². The topological polar surface area (TPSA) is 82.2 Å². The highest BCUT2D eigenvalue weighted by molar-refractivity contribution is 6.04. The fraction of sp³-hybridized carbons (Fsp3) is 0.100. The number of hydrogen-bond donors (Lipinski definition) is 3. The van der Waals surface area contributed by atoms with Gasteiger partial charge in [-0.25, -0.2) is 0 Å². The summed E-state index contributed by atoms with van der Waals surface area (Å²) in [6, 6.07) is 19.8. The molecule has 1 amide bonds. The second kappa shape index (κ2) is 7.59. The van der Waals surface area contributed by atoms with Crippen LogP contribution >= 0.6 is 0 Å². The Bertz CT molecular complexity index is 916. The van der Waals surface area contributed by atoms with Gasteiger partial charge in [-0.15, -0.1) is 0 Å². The zero-order chi connectivity index (χ0) is 17.6. The minimum Gasteiger partial charge on any atom is -0.396 e. The Labute approximate surface area is 145 Å². The first kappa shape index (κ1) is 16.7. The van der Waals surface area contributed by atoms with E-state index >= 15 is 0 Å². The lowest BCUT2D eigenvalue weighted by molar-refractivity contribution is 0.102. The first-order valence-electron chi connectivity index (χ1n) is 7.97. The van der Waals surface area contributed by atoms with Crippen LogP contribution in [0.4, 0.5) is 5.69 Å². The molecule has 0 aliphatic rings. The summed E-state index contributed by atoms with van der Waals surface area (Å²) in [4.78, 5) is 27.3. The Hall–Kier alpha value is -3.18. The van der Waals surface area contributed by atoms with Crippen LogP contribution in [0, 0.1) is 0 Å². The largest absolute Gasteiger partial charge is 0.396 e. The van der Waals surface area contributed by atoms with Gasteiger partial charge < -0.3 is 15.4 Å². The molecule has 0 aliphatic carbocycles. The maximum absolute atomic E-state index is 12.3. The van der Waals surface area contributed by atoms with E-state index in [1.54, 1.807) is 18.2 Å². The van der Waals surface area contributed by atoms with Crippen LogP contribution in [-0.2, 0) is 6.42 Å². The number of carbonyl (C=O) groups is 1. The van der Waals surface area contributed by atoms with Gasteiger partial charge in [0.15, 0.2) is 0 Å². The smallest absolute Gasteiger partial charge is 0.261 e. The zero-order valence-corrected chi connectivity index (χ0v) is 13.5. The predicted molar refractivity (Wildman–Crippen MR) is 97.7 cm³/mol. The fourth-order valence-corrected chi connectivity index (χ4v) is 2.52. The lowest BCUT2D eigenvalue weighted by atomic mass is 10.1. The normalized spacial score (nSPS) is 10.4. The summed E-state index contributed by atoms with van der Waals surface area (Å²) in [6.07, 6.45) is 0.564. The number of amides is 1. The third-order valence-electron chi connectivity index (χ3n) is 3.85. The average Bonchev–Trinajstić information content (AvgIpc) is 2.64. The summed E-state index contributed by atoms with van der Waals surface area (Å²) in [7, 11) is 0. The molecular formula is C20H18N2O3. The molecule has 3 rings (SSSR count). The zero-order valence-electron chi connectivity index (χ0n) is 13.5. The van der Waals surface area contributed by atoms with Crippen molar-refractivity contribution in [1.29, 1.82) is 0 Å². The number of rotatable bonds is 5. The summed E-state index contributed by atoms with van der Waals surface area (Å²) in [5.74, 6) is -0.462. The van der Waals surface area contributed by atoms with Gasteiger partial charge in [-0.1, -0.05) is 42.5 Å². The molecule has 126 valence electrons. The van der Waals surface area contributed by atoms with Gasteiger partial charge in [0.1, 0.15) is 5.56 Å². The van der Waals surface area contributed by atoms with Gasteiger partial charge in [-0.3, -0.25) is 9.59 Å². The van der Waals surface area contributed by atoms with Crippen molar-refractivity contribution in [3.05, 3.63) is 88.2 Å². The Morgan fingerprint density at radius 3 is 2.32 bits per heavy atom. The Morgan fingerprint density at radius 2 is 1.68 bits per heavy atom. The third-order valence-corrected chi connectivity index (χ3v) is 3.85. The summed E-state index contributed by atoms with van der Waals surface area (Å²) in [5.41, 5.74) is 2.74. The highest BCUT2D eigenvalue weighted by atomic mass is 16.3. The molecule has 5 nitrogen and oxygen atoms in total. The molecule has 0 atom stereocenters. The monoisotopic (exact) mass is 334 g/mol. The second-order valence-corrected chi connectivity index (χ2v) is 5.61. The van der Waals surface area contributed by atoms with Crippen LogP contribution in [0.3, 0.4) is 0 Å². The number of benzene rings is 2. The number of carbonyl (C=O) groups excluding carboxylic acids is 1. The van der Waals surface area contributed by atoms with Crippen molar-refractivity contribution in [2.75, 3.05) is 11.9 Å². The third kappa shape index (κ3) is 4.02. The molecule has 0 unspecified atom stereocenters. The molecule has 3 N–H and O–H groups in total. The van der Waals surface area contributed by atoms with Crippen molar-refractivity contribution in [3.8, 4) is 11.3 Å². The van der Waals surface area contributed by atoms with Gasteiger partial charge in [-0.05, 0) is 41.8 Å². The van der Waals surface area contributed by atoms with Gasteiger partial charge >= 0.3 is 0 Å². The van der Waals surface area contributed by atoms with Crippen LogP contribution in [0.1, 0.15) is 15.9 Å². The number of H-pyrrole nitrogens is 1. The van der Waals surface area contributed by atoms with Crippen molar-refractivity contribution in [1.82, 2.24) is 4.98 Å². The number of aliphatic hydroxyl groups excluding tert-OH is 1. The quantitative estimate of drug-likeness (QED) is 0.671. The van der Waals surface area contributed by atoms with Crippen molar-refractivity contribution in [2.45, 2.75) is 6.42 Å². The molecule has 5 heteroatoms. The van der Waals surface area contributed by atoms with Crippen molar-refractivity contribution >= 4 is 11.6 Å². The Balaban J connectivity index is 1.77. The first-order chi connectivity index (χ1) is 12.2. The van der Waals surface area contributed by atoms with E-state index in [0.717, 1.165) is 11.1 Å². The number of hydrogen-bond acceptors (Lipinski definition) is 3. The van der Waals surface area contributed by atoms with E-state index in [1.807, 2.05) is 42.5 Å². The van der Waals surface area contributed by atoms with Crippen molar-refractivity contribution in [2.24, 2.45) is 0 Å². The fourth-order valence-electron chi connectivity index (χ4n) is 2.52. The van der Waals surface area contributed by atoms with E-state index in [-0.39, 0.29) is 12.2 Å². The lowest BCUT2D eigenvalue weighted by Crippen LogP contribution is -2.23. The van der Waals surface area contributed by atoms with Crippen LogP contribution in [0.25, 0.3) is 11.3 Å². The number of pyridine rings is 1. The van der Waals surface area contributed by atoms with Crippen LogP contribution in [0.5, 0.6) is 0 Å². The molecule has 1 aromatic heterocycles. The minimum atomic E-state index is -0.462. The molecule has 2 aromatic carbocycles. The second-order valence-electron chi connectivity index (χ2n) is 5.61. The highest BCUT2D eigenvalue weighted by Gasteiger charge is 2.11. The molecule has 0 bridgehead atoms. The summed E-state index contributed by atoms with van der Waals surface area (Å²) in [6.45, 7) is 0.0782. The Morgan fingerprint density at radius 1 is 0.960 bits per heavy atom. The predicted octanol–water partition coefficient (Wildman–Crippen LogP) is 2.83. The van der Waals surface area contributed by atoms with E-state index in [1.165, 1.54) is 6.07 Å². The van der Waals surface area contributed by atoms with Crippen LogP contribution < -0.4 is 10.9 Å². The molecule has 1 heterocycles. The van der Waals surface area contributed by atoms with E-state index in [4.69, 9.17) is 5.11 Å². The SMILES string of the molecule is O=C(Nc1ccc(CCO)cc1)c1ccc(-c2ccccc2)[nH]c1=O. The molecule has 0 saturated carbocycles. The maximum Gasteiger partial charge on any atom is 0.261 e. The van der Waals surface area contributed by atoms with Crippen molar-refractivity contribution in [3.63, 3.8) is 0 Å². The molecule has 0 saturated heterocycles. The van der Waals surface area contributed by atoms with Gasteiger partial charge in [0, 0.05) is 18.0 Å². The van der Waals surface area contributed by atoms with E-state index in [0.29, 0.717) is 17.8 Å². The van der Waals surface area contributed by atoms with Gasteiger partial charge in [0.2, 0.25) is 0 Å². The first-order valence-corrected chi connectivity index (χ1v) is 7.97. The lowest BCUT2D eigenvalue weighted by Gasteiger charge is -2.07. The number of anilines is 1. The van der Waals surface area contributed by atoms with Gasteiger partial charge in [-0.2, -0.15) is 0 Å². The number of nitrogens with one attached hydrogen (secondary N) is 2. The van der Waals surface area contributed by atoms with Gasteiger partial charge in [0.25, 0.3) is 11.5 Å². The molecule has 0 fully saturated rings. The number of aromatic nitrogens is 1. The molecular weight excluding hydrogens is 316 g/mol. The molecule has 25 heavy (non-hydrogen) atoms. The summed E-state index contributed by atoms with van der Waals surface area (Å²) >= 11 is 0. The van der Waals surface area contributed by atoms with Crippen LogP contribution in [-0.4, -0.2) is 22.6 Å². The van der Waals surface area contributed by atoms with E-state index in [2.05, 4.69) is 10.3 Å². The summed E-state index contributed by atoms with van der Waals surface area (Å²) in [5, 5.41) is 11.6. The van der Waals surface area contributed by atoms with E-state index < -0.39 is 11.5 Å². The average molecular weight is 334 g/mol. The molecule has 0 aliphatic heterocycles. The summed E-state index contributed by atoms with van der Waals surface area (Å²) < 4.78 is 0. The van der Waals surface area contributed by atoms with Crippen molar-refractivity contribution < 1.29 is 9.90 Å². The number of aromatic amines is 1. The maximum atomic E-state index is 12.3. The highest BCUT2D eigenvalue weighted by Crippen LogP contribution is 2.15.